The van der Waals surface area contributed by atoms with E-state index in [0.29, 0.717) is 22.8 Å². The maximum Gasteiger partial charge on any atom is 0.427 e. The molecule has 0 atom stereocenters. The number of benzene rings is 2. The molecule has 0 spiro atoms. The summed E-state index contributed by atoms with van der Waals surface area (Å²) in [5.41, 5.74) is 5.35. The molecular weight excluding hydrogens is 360 g/mol. The van der Waals surface area contributed by atoms with E-state index >= 15 is 0 Å². The van der Waals surface area contributed by atoms with Crippen molar-refractivity contribution in [2.75, 3.05) is 21.3 Å². The molecule has 0 aliphatic carbocycles. The van der Waals surface area contributed by atoms with Crippen LogP contribution >= 0.6 is 0 Å². The third-order valence-corrected chi connectivity index (χ3v) is 3.97. The van der Waals surface area contributed by atoms with Crippen LogP contribution in [0.15, 0.2) is 59.8 Å². The van der Waals surface area contributed by atoms with E-state index in [2.05, 4.69) is 20.4 Å². The van der Waals surface area contributed by atoms with Gasteiger partial charge in [-0.2, -0.15) is 10.2 Å². The molecule has 0 bridgehead atoms. The standard InChI is InChI=1S/C20H20N4O4/c1-26-17-10-9-14(11-18(17)27-2)19-15(12-21-22-20(25)28-3)13-24(23-19)16-7-5-4-6-8-16/h4-13H,1-3H3,(H,22,25)/b21-12-. The Hall–Kier alpha value is -3.81. The first-order valence-corrected chi connectivity index (χ1v) is 8.40. The average Bonchev–Trinajstić information content (AvgIpc) is 3.17. The van der Waals surface area contributed by atoms with Gasteiger partial charge in [-0.3, -0.25) is 0 Å². The largest absolute Gasteiger partial charge is 0.493 e. The van der Waals surface area contributed by atoms with Crippen molar-refractivity contribution in [3.05, 3.63) is 60.3 Å². The van der Waals surface area contributed by atoms with E-state index < -0.39 is 6.09 Å². The van der Waals surface area contributed by atoms with Crippen molar-refractivity contribution in [3.8, 4) is 28.4 Å². The first-order valence-electron chi connectivity index (χ1n) is 8.40. The molecule has 3 aromatic rings. The van der Waals surface area contributed by atoms with Crippen molar-refractivity contribution >= 4 is 12.3 Å². The number of carbonyl (C=O) groups excluding carboxylic acids is 1. The smallest absolute Gasteiger partial charge is 0.427 e. The minimum Gasteiger partial charge on any atom is -0.493 e. The number of carbonyl (C=O) groups is 1. The molecule has 0 radical (unpaired) electrons. The SMILES string of the molecule is COC(=O)N/N=C\c1cn(-c2ccccc2)nc1-c1ccc(OC)c(OC)c1. The molecule has 1 aromatic heterocycles. The Kier molecular flexibility index (Phi) is 5.91. The summed E-state index contributed by atoms with van der Waals surface area (Å²) in [4.78, 5) is 11.2. The van der Waals surface area contributed by atoms with Gasteiger partial charge in [0, 0.05) is 17.3 Å². The van der Waals surface area contributed by atoms with Gasteiger partial charge in [-0.15, -0.1) is 0 Å². The molecule has 2 aromatic carbocycles. The van der Waals surface area contributed by atoms with Crippen LogP contribution in [-0.4, -0.2) is 43.4 Å². The second-order valence-corrected chi connectivity index (χ2v) is 5.64. The Balaban J connectivity index is 2.05. The van der Waals surface area contributed by atoms with Crippen molar-refractivity contribution in [1.29, 1.82) is 0 Å². The Morgan fingerprint density at radius 3 is 2.50 bits per heavy atom. The fourth-order valence-electron chi connectivity index (χ4n) is 2.60. The number of amides is 1. The van der Waals surface area contributed by atoms with Crippen LogP contribution in [0.5, 0.6) is 11.5 Å². The molecule has 1 heterocycles. The van der Waals surface area contributed by atoms with E-state index in [1.165, 1.54) is 13.3 Å². The van der Waals surface area contributed by atoms with Gasteiger partial charge in [0.05, 0.1) is 33.2 Å². The van der Waals surface area contributed by atoms with Gasteiger partial charge in [-0.1, -0.05) is 18.2 Å². The number of rotatable bonds is 6. The Bertz CT molecular complexity index is 983. The quantitative estimate of drug-likeness (QED) is 0.524. The second-order valence-electron chi connectivity index (χ2n) is 5.64. The number of nitrogens with zero attached hydrogens (tertiary/aromatic N) is 3. The number of para-hydroxylation sites is 1. The molecule has 144 valence electrons. The lowest BCUT2D eigenvalue weighted by Gasteiger charge is -2.09. The van der Waals surface area contributed by atoms with Gasteiger partial charge in [0.15, 0.2) is 11.5 Å². The highest BCUT2D eigenvalue weighted by Crippen LogP contribution is 2.33. The average molecular weight is 380 g/mol. The van der Waals surface area contributed by atoms with Crippen molar-refractivity contribution in [2.24, 2.45) is 5.10 Å². The number of hydrazone groups is 1. The number of ether oxygens (including phenoxy) is 3. The molecule has 28 heavy (non-hydrogen) atoms. The maximum atomic E-state index is 11.2. The number of aromatic nitrogens is 2. The summed E-state index contributed by atoms with van der Waals surface area (Å²) in [6.45, 7) is 0. The predicted octanol–water partition coefficient (Wildman–Crippen LogP) is 3.25. The minimum absolute atomic E-state index is 0.588. The zero-order chi connectivity index (χ0) is 19.9. The molecule has 1 amide bonds. The highest BCUT2D eigenvalue weighted by atomic mass is 16.5. The molecule has 3 rings (SSSR count). The zero-order valence-corrected chi connectivity index (χ0v) is 15.7. The molecule has 0 unspecified atom stereocenters. The van der Waals surface area contributed by atoms with Gasteiger partial charge in [0.25, 0.3) is 0 Å². The fraction of sp³-hybridized carbons (Fsp3) is 0.150. The van der Waals surface area contributed by atoms with Gasteiger partial charge in [0.2, 0.25) is 0 Å². The van der Waals surface area contributed by atoms with Gasteiger partial charge in [0.1, 0.15) is 5.69 Å². The van der Waals surface area contributed by atoms with E-state index in [0.717, 1.165) is 11.3 Å². The van der Waals surface area contributed by atoms with Crippen LogP contribution in [0, 0.1) is 0 Å². The summed E-state index contributed by atoms with van der Waals surface area (Å²) in [5, 5.41) is 8.61. The first-order chi connectivity index (χ1) is 13.7. The molecule has 0 aliphatic heterocycles. The summed E-state index contributed by atoms with van der Waals surface area (Å²) in [5.74, 6) is 1.21. The third-order valence-electron chi connectivity index (χ3n) is 3.97. The summed E-state index contributed by atoms with van der Waals surface area (Å²) < 4.78 is 16.9. The van der Waals surface area contributed by atoms with Crippen LogP contribution in [0.25, 0.3) is 16.9 Å². The van der Waals surface area contributed by atoms with Crippen molar-refractivity contribution in [3.63, 3.8) is 0 Å². The van der Waals surface area contributed by atoms with Gasteiger partial charge in [-0.05, 0) is 30.3 Å². The zero-order valence-electron chi connectivity index (χ0n) is 15.7. The third kappa shape index (κ3) is 4.12. The second kappa shape index (κ2) is 8.72. The highest BCUT2D eigenvalue weighted by Gasteiger charge is 2.14. The Labute approximate surface area is 162 Å². The van der Waals surface area contributed by atoms with E-state index in [9.17, 15) is 4.79 Å². The number of hydrogen-bond donors (Lipinski definition) is 1. The van der Waals surface area contributed by atoms with Crippen molar-refractivity contribution in [2.45, 2.75) is 0 Å². The van der Waals surface area contributed by atoms with Crippen LogP contribution in [0.2, 0.25) is 0 Å². The summed E-state index contributed by atoms with van der Waals surface area (Å²) in [7, 11) is 4.43. The fourth-order valence-corrected chi connectivity index (χ4v) is 2.60. The summed E-state index contributed by atoms with van der Waals surface area (Å²) in [6.07, 6.45) is 2.68. The number of hydrogen-bond acceptors (Lipinski definition) is 6. The first kappa shape index (κ1) is 19.0. The van der Waals surface area contributed by atoms with Gasteiger partial charge < -0.3 is 14.2 Å². The molecule has 8 heteroatoms. The van der Waals surface area contributed by atoms with Gasteiger partial charge in [-0.25, -0.2) is 14.9 Å². The van der Waals surface area contributed by atoms with Crippen molar-refractivity contribution < 1.29 is 19.0 Å². The van der Waals surface area contributed by atoms with Crippen LogP contribution in [0.4, 0.5) is 4.79 Å². The lowest BCUT2D eigenvalue weighted by Crippen LogP contribution is -2.16. The molecule has 0 saturated heterocycles. The van der Waals surface area contributed by atoms with Crippen LogP contribution in [0.1, 0.15) is 5.56 Å². The molecule has 8 nitrogen and oxygen atoms in total. The molecule has 0 fully saturated rings. The van der Waals surface area contributed by atoms with E-state index in [1.54, 1.807) is 18.9 Å². The summed E-state index contributed by atoms with van der Waals surface area (Å²) >= 11 is 0. The topological polar surface area (TPSA) is 87.0 Å². The van der Waals surface area contributed by atoms with E-state index in [-0.39, 0.29) is 0 Å². The van der Waals surface area contributed by atoms with Crippen molar-refractivity contribution in [1.82, 2.24) is 15.2 Å². The molecule has 1 N–H and O–H groups in total. The number of methoxy groups -OCH3 is 3. The summed E-state index contributed by atoms with van der Waals surface area (Å²) in [6, 6.07) is 15.2. The number of nitrogens with one attached hydrogen (secondary N) is 1. The maximum absolute atomic E-state index is 11.2. The Morgan fingerprint density at radius 1 is 1.07 bits per heavy atom. The lowest BCUT2D eigenvalue weighted by molar-refractivity contribution is 0.171. The normalized spacial score (nSPS) is 10.7. The van der Waals surface area contributed by atoms with Crippen LogP contribution in [-0.2, 0) is 4.74 Å². The monoisotopic (exact) mass is 380 g/mol. The van der Waals surface area contributed by atoms with Gasteiger partial charge >= 0.3 is 6.09 Å². The Morgan fingerprint density at radius 2 is 1.82 bits per heavy atom. The van der Waals surface area contributed by atoms with Crippen LogP contribution < -0.4 is 14.9 Å². The molecule has 0 saturated carbocycles. The molecular formula is C20H20N4O4. The molecule has 0 aliphatic rings. The highest BCUT2D eigenvalue weighted by molar-refractivity contribution is 5.89. The van der Waals surface area contributed by atoms with Crippen LogP contribution in [0.3, 0.4) is 0 Å². The predicted molar refractivity (Wildman–Crippen MR) is 105 cm³/mol. The van der Waals surface area contributed by atoms with E-state index in [4.69, 9.17) is 9.47 Å². The van der Waals surface area contributed by atoms with E-state index in [1.807, 2.05) is 54.7 Å². The lowest BCUT2D eigenvalue weighted by atomic mass is 10.1. The minimum atomic E-state index is -0.653.